The second kappa shape index (κ2) is 7.31. The maximum Gasteiger partial charge on any atom is 0.338 e. The molecule has 6 heteroatoms. The lowest BCUT2D eigenvalue weighted by Crippen LogP contribution is -2.21. The molecule has 0 aromatic heterocycles. The summed E-state index contributed by atoms with van der Waals surface area (Å²) in [6, 6.07) is 11.3. The third-order valence-corrected chi connectivity index (χ3v) is 2.97. The molecule has 2 rings (SSSR count). The van der Waals surface area contributed by atoms with E-state index in [1.165, 1.54) is 25.1 Å². The summed E-state index contributed by atoms with van der Waals surface area (Å²) < 4.78 is 17.8. The Morgan fingerprint density at radius 2 is 1.74 bits per heavy atom. The molecule has 0 radical (unpaired) electrons. The zero-order chi connectivity index (χ0) is 16.8. The van der Waals surface area contributed by atoms with Crippen LogP contribution < -0.4 is 5.32 Å². The van der Waals surface area contributed by atoms with E-state index >= 15 is 0 Å². The summed E-state index contributed by atoms with van der Waals surface area (Å²) in [5, 5.41) is 2.52. The van der Waals surface area contributed by atoms with E-state index in [0.29, 0.717) is 11.3 Å². The first-order valence-electron chi connectivity index (χ1n) is 6.79. The molecule has 1 N–H and O–H groups in total. The fraction of sp³-hybridized carbons (Fsp3) is 0.118. The van der Waals surface area contributed by atoms with Gasteiger partial charge in [0.1, 0.15) is 5.82 Å². The van der Waals surface area contributed by atoms with Crippen molar-refractivity contribution in [3.8, 4) is 0 Å². The Morgan fingerprint density at radius 1 is 1.04 bits per heavy atom. The van der Waals surface area contributed by atoms with Crippen molar-refractivity contribution in [2.75, 3.05) is 11.9 Å². The zero-order valence-corrected chi connectivity index (χ0v) is 12.3. The smallest absolute Gasteiger partial charge is 0.338 e. The van der Waals surface area contributed by atoms with Gasteiger partial charge < -0.3 is 10.1 Å². The lowest BCUT2D eigenvalue weighted by atomic mass is 10.1. The Balaban J connectivity index is 1.87. The molecule has 0 unspecified atom stereocenters. The number of ketones is 1. The molecule has 0 atom stereocenters. The van der Waals surface area contributed by atoms with E-state index in [9.17, 15) is 18.8 Å². The van der Waals surface area contributed by atoms with Crippen LogP contribution in [0.4, 0.5) is 10.1 Å². The molecule has 23 heavy (non-hydrogen) atoms. The molecular weight excluding hydrogens is 301 g/mol. The first kappa shape index (κ1) is 16.4. The van der Waals surface area contributed by atoms with Crippen molar-refractivity contribution >= 4 is 23.3 Å². The molecule has 0 bridgehead atoms. The predicted octanol–water partition coefficient (Wildman–Crippen LogP) is 2.82. The van der Waals surface area contributed by atoms with Crippen LogP contribution in [-0.4, -0.2) is 24.3 Å². The number of anilines is 1. The molecule has 118 valence electrons. The molecule has 0 fully saturated rings. The summed E-state index contributed by atoms with van der Waals surface area (Å²) in [6.07, 6.45) is 0. The number of carbonyl (C=O) groups is 3. The highest BCUT2D eigenvalue weighted by Crippen LogP contribution is 2.10. The average Bonchev–Trinajstić information content (AvgIpc) is 2.53. The maximum atomic E-state index is 13.0. The van der Waals surface area contributed by atoms with Gasteiger partial charge in [-0.1, -0.05) is 6.07 Å². The molecule has 0 saturated heterocycles. The zero-order valence-electron chi connectivity index (χ0n) is 12.3. The summed E-state index contributed by atoms with van der Waals surface area (Å²) in [7, 11) is 0. The quantitative estimate of drug-likeness (QED) is 0.680. The van der Waals surface area contributed by atoms with E-state index in [2.05, 4.69) is 5.32 Å². The average molecular weight is 315 g/mol. The van der Waals surface area contributed by atoms with Crippen LogP contribution in [0.3, 0.4) is 0 Å². The number of ether oxygens (including phenoxy) is 1. The number of esters is 1. The van der Waals surface area contributed by atoms with E-state index in [0.717, 1.165) is 6.07 Å². The number of rotatable bonds is 5. The van der Waals surface area contributed by atoms with Crippen LogP contribution in [0.2, 0.25) is 0 Å². The van der Waals surface area contributed by atoms with Crippen molar-refractivity contribution < 1.29 is 23.5 Å². The molecule has 0 aliphatic carbocycles. The van der Waals surface area contributed by atoms with Gasteiger partial charge >= 0.3 is 5.97 Å². The Bertz CT molecular complexity index is 741. The van der Waals surface area contributed by atoms with Crippen molar-refractivity contribution in [3.05, 3.63) is 65.5 Å². The summed E-state index contributed by atoms with van der Waals surface area (Å²) >= 11 is 0. The minimum absolute atomic E-state index is 0.0311. The largest absolute Gasteiger partial charge is 0.452 e. The van der Waals surface area contributed by atoms with Crippen LogP contribution in [0.5, 0.6) is 0 Å². The minimum atomic E-state index is -0.786. The normalized spacial score (nSPS) is 10.0. The SMILES string of the molecule is CC(=O)c1ccc(NC(=O)COC(=O)c2cccc(F)c2)cc1. The van der Waals surface area contributed by atoms with Gasteiger partial charge in [-0.3, -0.25) is 9.59 Å². The van der Waals surface area contributed by atoms with Crippen molar-refractivity contribution in [2.45, 2.75) is 6.92 Å². The Kier molecular flexibility index (Phi) is 5.19. The molecule has 0 aliphatic rings. The number of amides is 1. The molecule has 0 saturated carbocycles. The molecule has 0 spiro atoms. The van der Waals surface area contributed by atoms with Gasteiger partial charge in [-0.15, -0.1) is 0 Å². The number of Topliss-reactive ketones (excluding diaryl/α,β-unsaturated/α-hetero) is 1. The van der Waals surface area contributed by atoms with E-state index in [1.807, 2.05) is 0 Å². The van der Waals surface area contributed by atoms with E-state index in [4.69, 9.17) is 4.74 Å². The second-order valence-corrected chi connectivity index (χ2v) is 4.77. The van der Waals surface area contributed by atoms with Crippen LogP contribution in [-0.2, 0) is 9.53 Å². The molecule has 5 nitrogen and oxygen atoms in total. The summed E-state index contributed by atoms with van der Waals surface area (Å²) in [5.74, 6) is -1.96. The van der Waals surface area contributed by atoms with Crippen molar-refractivity contribution in [3.63, 3.8) is 0 Å². The molecule has 1 amide bonds. The highest BCUT2D eigenvalue weighted by Gasteiger charge is 2.11. The van der Waals surface area contributed by atoms with E-state index in [-0.39, 0.29) is 11.3 Å². The highest BCUT2D eigenvalue weighted by molar-refractivity contribution is 5.97. The fourth-order valence-corrected chi connectivity index (χ4v) is 1.82. The van der Waals surface area contributed by atoms with Gasteiger partial charge in [0.05, 0.1) is 5.56 Å². The minimum Gasteiger partial charge on any atom is -0.452 e. The standard InChI is InChI=1S/C17H14FNO4/c1-11(20)12-5-7-15(8-6-12)19-16(21)10-23-17(22)13-3-2-4-14(18)9-13/h2-9H,10H2,1H3,(H,19,21). The van der Waals surface area contributed by atoms with E-state index < -0.39 is 24.3 Å². The first-order chi connectivity index (χ1) is 11.0. The maximum absolute atomic E-state index is 13.0. The van der Waals surface area contributed by atoms with Crippen LogP contribution in [0.1, 0.15) is 27.6 Å². The third kappa shape index (κ3) is 4.74. The Labute approximate surface area is 132 Å². The molecule has 0 aliphatic heterocycles. The lowest BCUT2D eigenvalue weighted by molar-refractivity contribution is -0.119. The van der Waals surface area contributed by atoms with Gasteiger partial charge in [-0.25, -0.2) is 9.18 Å². The van der Waals surface area contributed by atoms with Gasteiger partial charge in [0.15, 0.2) is 12.4 Å². The number of benzene rings is 2. The Hall–Kier alpha value is -3.02. The highest BCUT2D eigenvalue weighted by atomic mass is 19.1. The van der Waals surface area contributed by atoms with Gasteiger partial charge in [-0.05, 0) is 49.4 Å². The number of nitrogens with one attached hydrogen (secondary N) is 1. The van der Waals surface area contributed by atoms with Crippen molar-refractivity contribution in [1.29, 1.82) is 0 Å². The number of hydrogen-bond donors (Lipinski definition) is 1. The second-order valence-electron chi connectivity index (χ2n) is 4.77. The van der Waals surface area contributed by atoms with Gasteiger partial charge in [0.2, 0.25) is 0 Å². The van der Waals surface area contributed by atoms with Crippen LogP contribution in [0.25, 0.3) is 0 Å². The number of carbonyl (C=O) groups excluding carboxylic acids is 3. The van der Waals surface area contributed by atoms with Crippen LogP contribution in [0, 0.1) is 5.82 Å². The Morgan fingerprint density at radius 3 is 2.35 bits per heavy atom. The van der Waals surface area contributed by atoms with E-state index in [1.54, 1.807) is 24.3 Å². The third-order valence-electron chi connectivity index (χ3n) is 2.97. The van der Waals surface area contributed by atoms with Crippen molar-refractivity contribution in [2.24, 2.45) is 0 Å². The summed E-state index contributed by atoms with van der Waals surface area (Å²) in [5.41, 5.74) is 1.03. The van der Waals surface area contributed by atoms with Gasteiger partial charge in [-0.2, -0.15) is 0 Å². The van der Waals surface area contributed by atoms with Gasteiger partial charge in [0.25, 0.3) is 5.91 Å². The van der Waals surface area contributed by atoms with Crippen LogP contribution >= 0.6 is 0 Å². The monoisotopic (exact) mass is 315 g/mol. The first-order valence-corrected chi connectivity index (χ1v) is 6.79. The molecular formula is C17H14FNO4. The molecule has 2 aromatic carbocycles. The summed E-state index contributed by atoms with van der Waals surface area (Å²) in [4.78, 5) is 34.5. The summed E-state index contributed by atoms with van der Waals surface area (Å²) in [6.45, 7) is 0.948. The number of halogens is 1. The molecule has 2 aromatic rings. The lowest BCUT2D eigenvalue weighted by Gasteiger charge is -2.07. The fourth-order valence-electron chi connectivity index (χ4n) is 1.82. The molecule has 0 heterocycles. The topological polar surface area (TPSA) is 72.5 Å². The van der Waals surface area contributed by atoms with Crippen molar-refractivity contribution in [1.82, 2.24) is 0 Å². The predicted molar refractivity (Wildman–Crippen MR) is 81.8 cm³/mol. The number of hydrogen-bond acceptors (Lipinski definition) is 4. The van der Waals surface area contributed by atoms with Gasteiger partial charge in [0, 0.05) is 11.3 Å². The van der Waals surface area contributed by atoms with Crippen LogP contribution in [0.15, 0.2) is 48.5 Å².